The fourth-order valence-corrected chi connectivity index (χ4v) is 4.53. The zero-order chi connectivity index (χ0) is 20.8. The van der Waals surface area contributed by atoms with Crippen molar-refractivity contribution in [2.45, 2.75) is 32.4 Å². The highest BCUT2D eigenvalue weighted by atomic mass is 17.2. The van der Waals surface area contributed by atoms with Crippen LogP contribution in [0.4, 0.5) is 0 Å². The maximum absolute atomic E-state index is 13.3. The maximum Gasteiger partial charge on any atom is 0.274 e. The van der Waals surface area contributed by atoms with Gasteiger partial charge in [-0.15, -0.1) is 0 Å². The summed E-state index contributed by atoms with van der Waals surface area (Å²) < 4.78 is 12.6. The molecule has 3 aliphatic heterocycles. The van der Waals surface area contributed by atoms with Crippen molar-refractivity contribution in [3.05, 3.63) is 46.2 Å². The summed E-state index contributed by atoms with van der Waals surface area (Å²) >= 11 is 0. The maximum atomic E-state index is 13.3. The van der Waals surface area contributed by atoms with Gasteiger partial charge in [-0.1, -0.05) is 6.42 Å². The largest absolute Gasteiger partial charge is 0.454 e. The number of ether oxygens (including phenoxy) is 2. The van der Waals surface area contributed by atoms with Gasteiger partial charge in [0, 0.05) is 23.1 Å². The predicted molar refractivity (Wildman–Crippen MR) is 113 cm³/mol. The Hall–Kier alpha value is -3.10. The van der Waals surface area contributed by atoms with E-state index in [1.54, 1.807) is 4.68 Å². The molecule has 1 aromatic heterocycles. The van der Waals surface area contributed by atoms with Gasteiger partial charge in [0.1, 0.15) is 6.61 Å². The zero-order valence-electron chi connectivity index (χ0n) is 17.1. The van der Waals surface area contributed by atoms with Gasteiger partial charge in [0.2, 0.25) is 6.79 Å². The first kappa shape index (κ1) is 18.7. The molecule has 0 spiro atoms. The molecule has 160 valence electrons. The van der Waals surface area contributed by atoms with E-state index in [-0.39, 0.29) is 12.4 Å². The molecule has 0 atom stereocenters. The van der Waals surface area contributed by atoms with Crippen LogP contribution >= 0.6 is 0 Å². The second-order valence-corrected chi connectivity index (χ2v) is 8.20. The molecule has 0 bridgehead atoms. The lowest BCUT2D eigenvalue weighted by molar-refractivity contribution is -0.194. The van der Waals surface area contributed by atoms with Crippen molar-refractivity contribution in [2.75, 3.05) is 26.4 Å². The lowest BCUT2D eigenvalue weighted by Gasteiger charge is -2.26. The number of nitrogens with zero attached hydrogens (tertiary/aromatic N) is 3. The Labute approximate surface area is 178 Å². The Balaban J connectivity index is 1.47. The molecule has 3 aliphatic rings. The molecule has 8 nitrogen and oxygen atoms in total. The van der Waals surface area contributed by atoms with Gasteiger partial charge in [-0.25, -0.2) is 4.68 Å². The number of rotatable bonds is 4. The highest BCUT2D eigenvalue weighted by molar-refractivity contribution is 5.95. The van der Waals surface area contributed by atoms with Crippen LogP contribution in [0.2, 0.25) is 0 Å². The standard InChI is InChI=1S/C23H23N3O5/c27-23-18-10-16-13-30-31-20(16)12-17(18)22(15-4-5-19-21(11-15)29-14-28-19)24-26(23)9-8-25-6-2-1-3-7-25/h4-5,10-12H,1-3,6-9,13-14H2. The van der Waals surface area contributed by atoms with Crippen LogP contribution in [-0.4, -0.2) is 41.1 Å². The van der Waals surface area contributed by atoms with Gasteiger partial charge >= 0.3 is 0 Å². The first-order valence-corrected chi connectivity index (χ1v) is 10.8. The van der Waals surface area contributed by atoms with Crippen LogP contribution in [0, 0.1) is 0 Å². The lowest BCUT2D eigenvalue weighted by Crippen LogP contribution is -2.35. The molecule has 8 heteroatoms. The molecule has 0 saturated carbocycles. The average Bonchev–Trinajstić information content (AvgIpc) is 3.46. The summed E-state index contributed by atoms with van der Waals surface area (Å²) in [6.45, 7) is 4.08. The molecule has 2 aromatic carbocycles. The minimum Gasteiger partial charge on any atom is -0.454 e. The first-order chi connectivity index (χ1) is 15.3. The van der Waals surface area contributed by atoms with Crippen LogP contribution in [0.15, 0.2) is 35.1 Å². The van der Waals surface area contributed by atoms with E-state index in [1.165, 1.54) is 19.3 Å². The molecule has 0 unspecified atom stereocenters. The van der Waals surface area contributed by atoms with Crippen molar-refractivity contribution in [3.8, 4) is 28.5 Å². The van der Waals surface area contributed by atoms with Crippen molar-refractivity contribution < 1.29 is 19.2 Å². The minimum atomic E-state index is -0.0915. The third-order valence-electron chi connectivity index (χ3n) is 6.23. The summed E-state index contributed by atoms with van der Waals surface area (Å²) in [6, 6.07) is 9.45. The molecule has 0 radical (unpaired) electrons. The molecule has 0 aliphatic carbocycles. The summed E-state index contributed by atoms with van der Waals surface area (Å²) in [5.74, 6) is 2.02. The number of hydrogen-bond acceptors (Lipinski definition) is 7. The van der Waals surface area contributed by atoms with Crippen LogP contribution in [-0.2, 0) is 18.0 Å². The zero-order valence-corrected chi connectivity index (χ0v) is 17.1. The van der Waals surface area contributed by atoms with E-state index in [0.29, 0.717) is 41.5 Å². The second kappa shape index (κ2) is 7.55. The monoisotopic (exact) mass is 421 g/mol. The predicted octanol–water partition coefficient (Wildman–Crippen LogP) is 3.10. The van der Waals surface area contributed by atoms with Gasteiger partial charge in [-0.05, 0) is 56.3 Å². The Morgan fingerprint density at radius 3 is 2.68 bits per heavy atom. The third-order valence-corrected chi connectivity index (χ3v) is 6.23. The summed E-state index contributed by atoms with van der Waals surface area (Å²) in [5.41, 5.74) is 2.35. The fourth-order valence-electron chi connectivity index (χ4n) is 4.53. The van der Waals surface area contributed by atoms with Gasteiger partial charge in [0.15, 0.2) is 17.2 Å². The normalized spacial score (nSPS) is 17.7. The van der Waals surface area contributed by atoms with Crippen molar-refractivity contribution in [1.29, 1.82) is 0 Å². The fraction of sp³-hybridized carbons (Fsp3) is 0.391. The molecule has 1 fully saturated rings. The van der Waals surface area contributed by atoms with E-state index in [9.17, 15) is 4.79 Å². The molecular weight excluding hydrogens is 398 g/mol. The molecule has 31 heavy (non-hydrogen) atoms. The molecule has 4 heterocycles. The van der Waals surface area contributed by atoms with Crippen LogP contribution < -0.4 is 19.9 Å². The second-order valence-electron chi connectivity index (χ2n) is 8.20. The van der Waals surface area contributed by atoms with Crippen molar-refractivity contribution in [1.82, 2.24) is 14.7 Å². The molecule has 3 aromatic rings. The molecule has 0 N–H and O–H groups in total. The van der Waals surface area contributed by atoms with Crippen LogP contribution in [0.25, 0.3) is 22.0 Å². The van der Waals surface area contributed by atoms with Crippen LogP contribution in [0.5, 0.6) is 17.2 Å². The third kappa shape index (κ3) is 3.32. The Morgan fingerprint density at radius 1 is 0.903 bits per heavy atom. The van der Waals surface area contributed by atoms with Crippen molar-refractivity contribution >= 4 is 10.8 Å². The number of fused-ring (bicyclic) bond motifs is 3. The van der Waals surface area contributed by atoms with Gasteiger partial charge in [0.25, 0.3) is 5.56 Å². The molecule has 6 rings (SSSR count). The number of benzene rings is 2. The van der Waals surface area contributed by atoms with Gasteiger partial charge in [-0.2, -0.15) is 9.99 Å². The van der Waals surface area contributed by atoms with Crippen molar-refractivity contribution in [2.24, 2.45) is 0 Å². The first-order valence-electron chi connectivity index (χ1n) is 10.8. The average molecular weight is 421 g/mol. The summed E-state index contributed by atoms with van der Waals surface area (Å²) in [5, 5.41) is 6.15. The van der Waals surface area contributed by atoms with E-state index in [2.05, 4.69) is 4.90 Å². The number of piperidine rings is 1. The van der Waals surface area contributed by atoms with Crippen LogP contribution in [0.1, 0.15) is 24.8 Å². The molecular formula is C23H23N3O5. The quantitative estimate of drug-likeness (QED) is 0.599. The Kier molecular flexibility index (Phi) is 4.54. The van der Waals surface area contributed by atoms with Gasteiger partial charge < -0.3 is 19.3 Å². The van der Waals surface area contributed by atoms with Crippen LogP contribution in [0.3, 0.4) is 0 Å². The number of likely N-dealkylation sites (tertiary alicyclic amines) is 1. The van der Waals surface area contributed by atoms with Crippen molar-refractivity contribution in [3.63, 3.8) is 0 Å². The Morgan fingerprint density at radius 2 is 1.77 bits per heavy atom. The van der Waals surface area contributed by atoms with Gasteiger partial charge in [0.05, 0.1) is 17.6 Å². The molecule has 1 saturated heterocycles. The number of aromatic nitrogens is 2. The minimum absolute atomic E-state index is 0.0915. The van der Waals surface area contributed by atoms with E-state index in [0.717, 1.165) is 36.1 Å². The highest BCUT2D eigenvalue weighted by Gasteiger charge is 2.22. The summed E-state index contributed by atoms with van der Waals surface area (Å²) in [7, 11) is 0. The topological polar surface area (TPSA) is 75.1 Å². The summed E-state index contributed by atoms with van der Waals surface area (Å²) in [4.78, 5) is 26.1. The summed E-state index contributed by atoms with van der Waals surface area (Å²) in [6.07, 6.45) is 3.72. The lowest BCUT2D eigenvalue weighted by atomic mass is 10.0. The van der Waals surface area contributed by atoms with E-state index in [1.807, 2.05) is 30.3 Å². The van der Waals surface area contributed by atoms with E-state index >= 15 is 0 Å². The smallest absolute Gasteiger partial charge is 0.274 e. The SMILES string of the molecule is O=c1c2cc3c(cc2c(-c2ccc4c(c2)OCO4)nn1CCN1CCCCC1)OOC3. The van der Waals surface area contributed by atoms with E-state index in [4.69, 9.17) is 24.3 Å². The Bertz CT molecular complexity index is 1220. The highest BCUT2D eigenvalue weighted by Crippen LogP contribution is 2.38. The number of hydrogen-bond donors (Lipinski definition) is 0. The van der Waals surface area contributed by atoms with Gasteiger partial charge in [-0.3, -0.25) is 4.79 Å². The molecule has 0 amide bonds. The van der Waals surface area contributed by atoms with E-state index < -0.39 is 0 Å².